The van der Waals surface area contributed by atoms with Crippen LogP contribution in [0.3, 0.4) is 0 Å². The minimum Gasteiger partial charge on any atom is -0.394 e. The van der Waals surface area contributed by atoms with E-state index >= 15 is 0 Å². The third-order valence-electron chi connectivity index (χ3n) is 5.93. The smallest absolute Gasteiger partial charge is 0.321 e. The Kier molecular flexibility index (Phi) is 13.3. The molecule has 0 aromatic carbocycles. The molecule has 18 heteroatoms. The molecule has 1 fully saturated rings. The molecular formula is C22H37N5O13. The van der Waals surface area contributed by atoms with Gasteiger partial charge in [-0.1, -0.05) is 0 Å². The molecule has 2 heterocycles. The Morgan fingerprint density at radius 3 is 2.33 bits per heavy atom. The van der Waals surface area contributed by atoms with Crippen LogP contribution in [0.2, 0.25) is 0 Å². The van der Waals surface area contributed by atoms with E-state index in [9.17, 15) is 55.2 Å². The van der Waals surface area contributed by atoms with E-state index < -0.39 is 85.8 Å². The predicted octanol–water partition coefficient (Wildman–Crippen LogP) is -5.64. The molecule has 12 N–H and O–H groups in total. The van der Waals surface area contributed by atoms with Gasteiger partial charge in [0, 0.05) is 24.8 Å². The number of aromatic nitrogens is 2. The fourth-order valence-electron chi connectivity index (χ4n) is 3.73. The second-order valence-electron chi connectivity index (χ2n) is 9.11. The Morgan fingerprint density at radius 2 is 1.73 bits per heavy atom. The molecule has 1 saturated heterocycles. The number of carbonyl (C=O) groups is 2. The van der Waals surface area contributed by atoms with E-state index in [0.29, 0.717) is 18.5 Å². The quantitative estimate of drug-likeness (QED) is 0.0915. The van der Waals surface area contributed by atoms with Crippen molar-refractivity contribution in [1.29, 1.82) is 0 Å². The molecule has 1 aromatic heterocycles. The Balaban J connectivity index is 1.80. The fraction of sp³-hybridized carbons (Fsp3) is 0.727. The van der Waals surface area contributed by atoms with E-state index in [1.807, 2.05) is 0 Å². The summed E-state index contributed by atoms with van der Waals surface area (Å²) in [5.74, 6) is -1.09. The second kappa shape index (κ2) is 15.9. The first kappa shape index (κ1) is 33.4. The molecule has 1 aromatic rings. The van der Waals surface area contributed by atoms with Crippen LogP contribution < -0.4 is 21.5 Å². The first-order valence-corrected chi connectivity index (χ1v) is 12.4. The number of urea groups is 1. The van der Waals surface area contributed by atoms with Crippen molar-refractivity contribution in [3.05, 3.63) is 22.1 Å². The first-order chi connectivity index (χ1) is 18.9. The molecule has 0 radical (unpaired) electrons. The number of ether oxygens (including phenoxy) is 2. The van der Waals surface area contributed by atoms with Crippen molar-refractivity contribution in [3.63, 3.8) is 0 Å². The number of amides is 3. The summed E-state index contributed by atoms with van der Waals surface area (Å²) in [4.78, 5) is 41.9. The number of nitrogens with zero attached hydrogens (tertiary/aromatic N) is 1. The molecule has 1 aliphatic rings. The van der Waals surface area contributed by atoms with Gasteiger partial charge in [0.2, 0.25) is 5.95 Å². The lowest BCUT2D eigenvalue weighted by Crippen LogP contribution is -2.62. The van der Waals surface area contributed by atoms with Crippen LogP contribution in [-0.4, -0.2) is 144 Å². The molecule has 0 unspecified atom stereocenters. The summed E-state index contributed by atoms with van der Waals surface area (Å²) in [5, 5.41) is 86.5. The lowest BCUT2D eigenvalue weighted by atomic mass is 9.98. The van der Waals surface area contributed by atoms with Gasteiger partial charge in [-0.05, 0) is 19.8 Å². The first-order valence-electron chi connectivity index (χ1n) is 12.4. The number of nitrogens with one attached hydrogen (secondary N) is 4. The van der Waals surface area contributed by atoms with E-state index in [0.717, 1.165) is 0 Å². The Morgan fingerprint density at radius 1 is 1.07 bits per heavy atom. The van der Waals surface area contributed by atoms with E-state index in [4.69, 9.17) is 9.47 Å². The number of carbonyl (C=O) groups excluding carboxylic acids is 2. The zero-order valence-corrected chi connectivity index (χ0v) is 21.6. The molecule has 3 amide bonds. The Labute approximate surface area is 227 Å². The highest BCUT2D eigenvalue weighted by molar-refractivity contribution is 5.87. The van der Waals surface area contributed by atoms with Crippen molar-refractivity contribution in [2.75, 3.05) is 31.6 Å². The maximum absolute atomic E-state index is 12.3. The number of hydrogen-bond acceptors (Lipinski definition) is 14. The highest BCUT2D eigenvalue weighted by Crippen LogP contribution is 2.25. The van der Waals surface area contributed by atoms with Crippen LogP contribution in [0.5, 0.6) is 0 Å². The topological polar surface area (TPSA) is 296 Å². The van der Waals surface area contributed by atoms with Crippen molar-refractivity contribution in [2.24, 2.45) is 0 Å². The number of unbranched alkanes of at least 4 members (excludes halogenated alkanes) is 1. The number of rotatable bonds is 14. The number of aliphatic hydroxyl groups is 8. The van der Waals surface area contributed by atoms with Gasteiger partial charge in [0.15, 0.2) is 12.4 Å². The Hall–Kier alpha value is -2.78. The summed E-state index contributed by atoms with van der Waals surface area (Å²) < 4.78 is 10.4. The summed E-state index contributed by atoms with van der Waals surface area (Å²) in [5.41, 5.74) is -0.0109. The monoisotopic (exact) mass is 579 g/mol. The summed E-state index contributed by atoms with van der Waals surface area (Å²) in [6.45, 7) is 0.0409. The normalized spacial score (nSPS) is 25.9. The molecule has 0 aliphatic carbocycles. The van der Waals surface area contributed by atoms with Gasteiger partial charge in [-0.15, -0.1) is 0 Å². The minimum absolute atomic E-state index is 0.0133. The van der Waals surface area contributed by atoms with E-state index in [2.05, 4.69) is 25.9 Å². The molecule has 18 nitrogen and oxygen atoms in total. The highest BCUT2D eigenvalue weighted by atomic mass is 16.7. The van der Waals surface area contributed by atoms with Crippen molar-refractivity contribution < 1.29 is 59.9 Å². The summed E-state index contributed by atoms with van der Waals surface area (Å²) in [6, 6.07) is 0.638. The van der Waals surface area contributed by atoms with Crippen LogP contribution in [-0.2, 0) is 14.3 Å². The summed E-state index contributed by atoms with van der Waals surface area (Å²) in [7, 11) is 0. The number of H-pyrrole nitrogens is 1. The maximum Gasteiger partial charge on any atom is 0.321 e. The van der Waals surface area contributed by atoms with Gasteiger partial charge in [-0.3, -0.25) is 14.9 Å². The van der Waals surface area contributed by atoms with Gasteiger partial charge in [0.25, 0.3) is 11.5 Å². The van der Waals surface area contributed by atoms with Crippen molar-refractivity contribution in [1.82, 2.24) is 20.6 Å². The van der Waals surface area contributed by atoms with Crippen molar-refractivity contribution in [2.45, 2.75) is 74.9 Å². The number of hydrogen-bond donors (Lipinski definition) is 12. The third kappa shape index (κ3) is 9.41. The van der Waals surface area contributed by atoms with Crippen molar-refractivity contribution in [3.8, 4) is 0 Å². The van der Waals surface area contributed by atoms with Crippen LogP contribution in [0.25, 0.3) is 0 Å². The minimum atomic E-state index is -2.18. The molecule has 0 saturated carbocycles. The molecule has 0 bridgehead atoms. The standard InChI is InChI=1S/C22H37N5O13/c1-9-6-12(31)26-21(25-9)27-22(38)24-5-3-2-4-23-19(37)16(35)15(34)18(10(30)7-28)40-20-17(36)14(33)13(32)11(8-29)39-20/h6,10-11,13-18,20,28-30,32-36H,2-5,7-8H2,1H3,(H,23,37)(H3,24,25,26,27,31,38)/t10-,11-,13+,14+,15-,16-,17-,18-,20+/m1/s1. The largest absolute Gasteiger partial charge is 0.394 e. The predicted molar refractivity (Wildman–Crippen MR) is 133 cm³/mol. The summed E-state index contributed by atoms with van der Waals surface area (Å²) in [6.07, 6.45) is -16.0. The molecule has 9 atom stereocenters. The zero-order chi connectivity index (χ0) is 30.0. The number of aryl methyl sites for hydroxylation is 1. The molecule has 1 aliphatic heterocycles. The maximum atomic E-state index is 12.3. The molecule has 40 heavy (non-hydrogen) atoms. The second-order valence-corrected chi connectivity index (χ2v) is 9.11. The van der Waals surface area contributed by atoms with Crippen molar-refractivity contribution >= 4 is 17.9 Å². The summed E-state index contributed by atoms with van der Waals surface area (Å²) >= 11 is 0. The van der Waals surface area contributed by atoms with Crippen LogP contribution in [0.15, 0.2) is 10.9 Å². The third-order valence-corrected chi connectivity index (χ3v) is 5.93. The van der Waals surface area contributed by atoms with Gasteiger partial charge in [-0.25, -0.2) is 4.79 Å². The number of aromatic amines is 1. The fourth-order valence-corrected chi connectivity index (χ4v) is 3.73. The average Bonchev–Trinajstić information content (AvgIpc) is 2.91. The molecule has 228 valence electrons. The van der Waals surface area contributed by atoms with Crippen LogP contribution in [0.4, 0.5) is 10.7 Å². The van der Waals surface area contributed by atoms with Gasteiger partial charge < -0.3 is 65.9 Å². The lowest BCUT2D eigenvalue weighted by Gasteiger charge is -2.42. The van der Waals surface area contributed by atoms with Gasteiger partial charge >= 0.3 is 6.03 Å². The van der Waals surface area contributed by atoms with Crippen LogP contribution in [0, 0.1) is 6.92 Å². The van der Waals surface area contributed by atoms with Gasteiger partial charge in [0.05, 0.1) is 13.2 Å². The van der Waals surface area contributed by atoms with Gasteiger partial charge in [0.1, 0.15) is 42.7 Å². The van der Waals surface area contributed by atoms with Crippen LogP contribution >= 0.6 is 0 Å². The van der Waals surface area contributed by atoms with E-state index in [-0.39, 0.29) is 19.0 Å². The number of aliphatic hydroxyl groups excluding tert-OH is 8. The lowest BCUT2D eigenvalue weighted by molar-refractivity contribution is -0.326. The zero-order valence-electron chi connectivity index (χ0n) is 21.6. The van der Waals surface area contributed by atoms with Crippen LogP contribution in [0.1, 0.15) is 18.5 Å². The highest BCUT2D eigenvalue weighted by Gasteiger charge is 2.47. The van der Waals surface area contributed by atoms with E-state index in [1.165, 1.54) is 6.07 Å². The molecule has 2 rings (SSSR count). The van der Waals surface area contributed by atoms with E-state index in [1.54, 1.807) is 6.92 Å². The molecule has 0 spiro atoms. The average molecular weight is 580 g/mol. The SMILES string of the molecule is Cc1cc(=O)nc(NC(=O)NCCCCNC(=O)[C@H](O)[C@@H](O)[C@H](O[C@@H]2O[C@H](CO)[C@H](O)[C@H](O)[C@H]2O)[C@H](O)CO)[nH]1. The van der Waals surface area contributed by atoms with Gasteiger partial charge in [-0.2, -0.15) is 4.98 Å². The number of anilines is 1. The Bertz CT molecular complexity index is 1010. The molecular weight excluding hydrogens is 542 g/mol.